The Labute approximate surface area is 112 Å². The number of hydrogen-bond acceptors (Lipinski definition) is 4. The number of aliphatic hydroxyl groups is 1. The minimum Gasteiger partial charge on any atom is -0.426 e. The Morgan fingerprint density at radius 1 is 1.21 bits per heavy atom. The highest BCUT2D eigenvalue weighted by Crippen LogP contribution is 2.17. The average Bonchev–Trinajstić information content (AvgIpc) is 2.38. The summed E-state index contributed by atoms with van der Waals surface area (Å²) in [5.74, 6) is -0.452. The smallest absolute Gasteiger partial charge is 0.308 e. The van der Waals surface area contributed by atoms with E-state index in [1.807, 2.05) is 0 Å². The molecular weight excluding hydrogens is 246 g/mol. The van der Waals surface area contributed by atoms with Crippen molar-refractivity contribution >= 4 is 11.9 Å². The number of nitrogens with one attached hydrogen (secondary N) is 1. The van der Waals surface area contributed by atoms with Crippen molar-refractivity contribution < 1.29 is 19.4 Å². The summed E-state index contributed by atoms with van der Waals surface area (Å²) in [4.78, 5) is 22.9. The molecule has 0 saturated heterocycles. The van der Waals surface area contributed by atoms with E-state index in [9.17, 15) is 9.59 Å². The molecule has 0 aliphatic rings. The van der Waals surface area contributed by atoms with Crippen LogP contribution in [0.25, 0.3) is 0 Å². The van der Waals surface area contributed by atoms with Crippen LogP contribution in [0.5, 0.6) is 5.75 Å². The maximum absolute atomic E-state index is 11.9. The van der Waals surface area contributed by atoms with Crippen molar-refractivity contribution in [3.05, 3.63) is 29.8 Å². The van der Waals surface area contributed by atoms with Gasteiger partial charge in [-0.05, 0) is 31.4 Å². The zero-order chi connectivity index (χ0) is 14.1. The number of benzene rings is 1. The molecule has 1 amide bonds. The summed E-state index contributed by atoms with van der Waals surface area (Å²) in [6, 6.07) is 6.62. The Kier molecular flexibility index (Phi) is 6.60. The molecule has 0 unspecified atom stereocenters. The highest BCUT2D eigenvalue weighted by molar-refractivity contribution is 5.97. The summed E-state index contributed by atoms with van der Waals surface area (Å²) >= 11 is 0. The summed E-state index contributed by atoms with van der Waals surface area (Å²) in [6.07, 6.45) is 2.41. The van der Waals surface area contributed by atoms with Crippen LogP contribution in [0, 0.1) is 0 Å². The molecule has 0 aromatic heterocycles. The van der Waals surface area contributed by atoms with Gasteiger partial charge in [0.1, 0.15) is 5.75 Å². The lowest BCUT2D eigenvalue weighted by atomic mass is 10.2. The number of unbranched alkanes of at least 4 members (excludes halogenated alkanes) is 2. The minimum atomic E-state index is -0.455. The van der Waals surface area contributed by atoms with Gasteiger partial charge in [-0.25, -0.2) is 0 Å². The summed E-state index contributed by atoms with van der Waals surface area (Å²) in [7, 11) is 0. The third kappa shape index (κ3) is 5.52. The lowest BCUT2D eigenvalue weighted by Crippen LogP contribution is -2.25. The Morgan fingerprint density at radius 3 is 2.63 bits per heavy atom. The molecule has 1 rings (SSSR count). The fraction of sp³-hybridized carbons (Fsp3) is 0.429. The van der Waals surface area contributed by atoms with Gasteiger partial charge in [0.2, 0.25) is 0 Å². The number of esters is 1. The predicted molar refractivity (Wildman–Crippen MR) is 71.0 cm³/mol. The van der Waals surface area contributed by atoms with Crippen LogP contribution in [0.2, 0.25) is 0 Å². The second-order valence-electron chi connectivity index (χ2n) is 4.13. The van der Waals surface area contributed by atoms with Gasteiger partial charge in [-0.2, -0.15) is 0 Å². The molecule has 0 aliphatic heterocycles. The molecule has 5 heteroatoms. The van der Waals surface area contributed by atoms with Crippen LogP contribution in [-0.4, -0.2) is 30.1 Å². The van der Waals surface area contributed by atoms with Crippen LogP contribution in [0.15, 0.2) is 24.3 Å². The lowest BCUT2D eigenvalue weighted by molar-refractivity contribution is -0.131. The number of amides is 1. The summed E-state index contributed by atoms with van der Waals surface area (Å²) in [5, 5.41) is 11.4. The van der Waals surface area contributed by atoms with Crippen LogP contribution in [0.3, 0.4) is 0 Å². The van der Waals surface area contributed by atoms with Gasteiger partial charge in [-0.3, -0.25) is 9.59 Å². The van der Waals surface area contributed by atoms with E-state index in [4.69, 9.17) is 9.84 Å². The summed E-state index contributed by atoms with van der Waals surface area (Å²) < 4.78 is 4.98. The first-order valence-corrected chi connectivity index (χ1v) is 6.31. The topological polar surface area (TPSA) is 75.6 Å². The number of rotatable bonds is 7. The van der Waals surface area contributed by atoms with Gasteiger partial charge >= 0.3 is 5.97 Å². The second-order valence-corrected chi connectivity index (χ2v) is 4.13. The Bertz CT molecular complexity index is 431. The van der Waals surface area contributed by atoms with Crippen molar-refractivity contribution in [1.29, 1.82) is 0 Å². The molecule has 2 N–H and O–H groups in total. The molecule has 104 valence electrons. The minimum absolute atomic E-state index is 0.170. The van der Waals surface area contributed by atoms with Crippen molar-refractivity contribution in [1.82, 2.24) is 5.32 Å². The second kappa shape index (κ2) is 8.26. The Morgan fingerprint density at radius 2 is 1.95 bits per heavy atom. The van der Waals surface area contributed by atoms with Crippen molar-refractivity contribution in [2.24, 2.45) is 0 Å². The monoisotopic (exact) mass is 265 g/mol. The maximum atomic E-state index is 11.9. The van der Waals surface area contributed by atoms with Crippen LogP contribution >= 0.6 is 0 Å². The van der Waals surface area contributed by atoms with E-state index in [-0.39, 0.29) is 18.3 Å². The first-order valence-electron chi connectivity index (χ1n) is 6.31. The summed E-state index contributed by atoms with van der Waals surface area (Å²) in [5.41, 5.74) is 0.347. The lowest BCUT2D eigenvalue weighted by Gasteiger charge is -2.09. The van der Waals surface area contributed by atoms with Crippen LogP contribution in [0.4, 0.5) is 0 Å². The number of aliphatic hydroxyl groups excluding tert-OH is 1. The number of hydrogen-bond donors (Lipinski definition) is 2. The highest BCUT2D eigenvalue weighted by atomic mass is 16.5. The van der Waals surface area contributed by atoms with E-state index < -0.39 is 5.97 Å². The number of para-hydroxylation sites is 1. The van der Waals surface area contributed by atoms with E-state index in [1.165, 1.54) is 6.92 Å². The molecule has 1 aromatic carbocycles. The van der Waals surface area contributed by atoms with Gasteiger partial charge in [0.15, 0.2) is 0 Å². The molecule has 0 heterocycles. The molecule has 0 radical (unpaired) electrons. The van der Waals surface area contributed by atoms with E-state index in [1.54, 1.807) is 24.3 Å². The molecule has 0 atom stereocenters. The van der Waals surface area contributed by atoms with Gasteiger partial charge in [0.25, 0.3) is 5.91 Å². The zero-order valence-corrected chi connectivity index (χ0v) is 11.0. The normalized spacial score (nSPS) is 10.0. The van der Waals surface area contributed by atoms with Crippen molar-refractivity contribution in [3.8, 4) is 5.75 Å². The van der Waals surface area contributed by atoms with Gasteiger partial charge < -0.3 is 15.2 Å². The number of carbonyl (C=O) groups excluding carboxylic acids is 2. The van der Waals surface area contributed by atoms with E-state index >= 15 is 0 Å². The van der Waals surface area contributed by atoms with Crippen molar-refractivity contribution in [3.63, 3.8) is 0 Å². The van der Waals surface area contributed by atoms with Crippen molar-refractivity contribution in [2.75, 3.05) is 13.2 Å². The van der Waals surface area contributed by atoms with Crippen LogP contribution in [-0.2, 0) is 4.79 Å². The Hall–Kier alpha value is -1.88. The quantitative estimate of drug-likeness (QED) is 0.445. The zero-order valence-electron chi connectivity index (χ0n) is 11.0. The van der Waals surface area contributed by atoms with Gasteiger partial charge in [0, 0.05) is 20.1 Å². The number of carbonyl (C=O) groups is 2. The fourth-order valence-electron chi connectivity index (χ4n) is 1.61. The van der Waals surface area contributed by atoms with Crippen LogP contribution < -0.4 is 10.1 Å². The molecule has 0 spiro atoms. The molecule has 1 aromatic rings. The third-order valence-corrected chi connectivity index (χ3v) is 2.51. The van der Waals surface area contributed by atoms with Gasteiger partial charge in [-0.15, -0.1) is 0 Å². The molecule has 0 saturated carbocycles. The van der Waals surface area contributed by atoms with Crippen LogP contribution in [0.1, 0.15) is 36.5 Å². The molecule has 5 nitrogen and oxygen atoms in total. The predicted octanol–water partition coefficient (Wildman–Crippen LogP) is 1.50. The standard InChI is InChI=1S/C14H19NO4/c1-11(17)19-13-8-4-3-7-12(13)14(18)15-9-5-2-6-10-16/h3-4,7-8,16H,2,5-6,9-10H2,1H3,(H,15,18). The van der Waals surface area contributed by atoms with Crippen molar-refractivity contribution in [2.45, 2.75) is 26.2 Å². The SMILES string of the molecule is CC(=O)Oc1ccccc1C(=O)NCCCCCO. The van der Waals surface area contributed by atoms with Gasteiger partial charge in [-0.1, -0.05) is 12.1 Å². The molecule has 19 heavy (non-hydrogen) atoms. The fourth-order valence-corrected chi connectivity index (χ4v) is 1.61. The molecule has 0 aliphatic carbocycles. The van der Waals surface area contributed by atoms with Gasteiger partial charge in [0.05, 0.1) is 5.56 Å². The summed E-state index contributed by atoms with van der Waals surface area (Å²) in [6.45, 7) is 2.00. The molecule has 0 bridgehead atoms. The first-order chi connectivity index (χ1) is 9.15. The maximum Gasteiger partial charge on any atom is 0.308 e. The largest absolute Gasteiger partial charge is 0.426 e. The van der Waals surface area contributed by atoms with E-state index in [2.05, 4.69) is 5.32 Å². The third-order valence-electron chi connectivity index (χ3n) is 2.51. The average molecular weight is 265 g/mol. The van der Waals surface area contributed by atoms with E-state index in [0.29, 0.717) is 12.1 Å². The Balaban J connectivity index is 2.54. The number of ether oxygens (including phenoxy) is 1. The van der Waals surface area contributed by atoms with E-state index in [0.717, 1.165) is 19.3 Å². The molecular formula is C14H19NO4. The molecule has 0 fully saturated rings. The highest BCUT2D eigenvalue weighted by Gasteiger charge is 2.12. The first kappa shape index (κ1) is 15.2.